The molecule has 112 valence electrons. The summed E-state index contributed by atoms with van der Waals surface area (Å²) in [7, 11) is 0. The van der Waals surface area contributed by atoms with E-state index in [1.54, 1.807) is 6.20 Å². The Balaban J connectivity index is 1.79. The van der Waals surface area contributed by atoms with Crippen LogP contribution >= 0.6 is 11.6 Å². The molecule has 1 unspecified atom stereocenters. The largest absolute Gasteiger partial charge is 0.370 e. The van der Waals surface area contributed by atoms with Crippen LogP contribution in [0, 0.1) is 5.92 Å². The van der Waals surface area contributed by atoms with Gasteiger partial charge in [-0.2, -0.15) is 4.98 Å². The van der Waals surface area contributed by atoms with Crippen molar-refractivity contribution in [1.82, 2.24) is 9.97 Å². The van der Waals surface area contributed by atoms with E-state index >= 15 is 0 Å². The molecule has 2 saturated carbocycles. The number of nitrogens with one attached hydrogen (secondary N) is 1. The second kappa shape index (κ2) is 5.13. The molecule has 0 saturated heterocycles. The molecule has 1 aromatic rings. The minimum absolute atomic E-state index is 0.171. The van der Waals surface area contributed by atoms with E-state index in [2.05, 4.69) is 20.2 Å². The summed E-state index contributed by atoms with van der Waals surface area (Å²) in [4.78, 5) is 22.5. The summed E-state index contributed by atoms with van der Waals surface area (Å²) in [5.41, 5.74) is 0.834. The van der Waals surface area contributed by atoms with Gasteiger partial charge >= 0.3 is 0 Å². The first-order chi connectivity index (χ1) is 10.3. The molecule has 2 fully saturated rings. The molecule has 0 spiro atoms. The molecule has 6 heteroatoms. The molecule has 0 bridgehead atoms. The van der Waals surface area contributed by atoms with Crippen molar-refractivity contribution in [2.24, 2.45) is 5.92 Å². The van der Waals surface area contributed by atoms with Crippen LogP contribution in [0.4, 0.5) is 11.5 Å². The van der Waals surface area contributed by atoms with Crippen molar-refractivity contribution in [2.75, 3.05) is 10.2 Å². The summed E-state index contributed by atoms with van der Waals surface area (Å²) in [5.74, 6) is 1.48. The van der Waals surface area contributed by atoms with Gasteiger partial charge < -0.3 is 15.0 Å². The first kappa shape index (κ1) is 13.3. The van der Waals surface area contributed by atoms with Crippen molar-refractivity contribution in [3.63, 3.8) is 0 Å². The summed E-state index contributed by atoms with van der Waals surface area (Å²) in [5, 5.41) is 3.58. The highest BCUT2D eigenvalue weighted by Gasteiger charge is 2.47. The fraction of sp³-hybridized carbons (Fsp3) is 0.667. The number of anilines is 2. The minimum atomic E-state index is -0.171. The van der Waals surface area contributed by atoms with Gasteiger partial charge in [0.25, 0.3) is 0 Å². The molecular formula is C15H19ClN4O. The van der Waals surface area contributed by atoms with Gasteiger partial charge in [0.1, 0.15) is 12.3 Å². The predicted molar refractivity (Wildman–Crippen MR) is 81.8 cm³/mol. The van der Waals surface area contributed by atoms with Crippen LogP contribution in [-0.2, 0) is 4.79 Å². The third kappa shape index (κ3) is 2.27. The van der Waals surface area contributed by atoms with Crippen LogP contribution in [0.1, 0.15) is 38.5 Å². The number of nitrogens with zero attached hydrogens (tertiary/aromatic N) is 3. The van der Waals surface area contributed by atoms with Crippen LogP contribution in [0.3, 0.4) is 0 Å². The van der Waals surface area contributed by atoms with E-state index < -0.39 is 0 Å². The number of hydrogen-bond donors (Lipinski definition) is 1. The highest BCUT2D eigenvalue weighted by molar-refractivity contribution is 6.28. The smallest absolute Gasteiger partial charge is 0.224 e. The predicted octanol–water partition coefficient (Wildman–Crippen LogP) is 2.65. The lowest BCUT2D eigenvalue weighted by Crippen LogP contribution is -2.56. The lowest BCUT2D eigenvalue weighted by atomic mass is 9.96. The average Bonchev–Trinajstić information content (AvgIpc) is 3.20. The minimum Gasteiger partial charge on any atom is -0.370 e. The highest BCUT2D eigenvalue weighted by atomic mass is 35.5. The van der Waals surface area contributed by atoms with Crippen LogP contribution in [0.15, 0.2) is 6.20 Å². The Labute approximate surface area is 129 Å². The molecule has 1 N–H and O–H groups in total. The normalized spacial score (nSPS) is 29.1. The number of aromatic nitrogens is 2. The van der Waals surface area contributed by atoms with Gasteiger partial charge in [-0.15, -0.1) is 0 Å². The van der Waals surface area contributed by atoms with Crippen LogP contribution in [0.25, 0.3) is 0 Å². The van der Waals surface area contributed by atoms with E-state index in [9.17, 15) is 4.79 Å². The molecule has 2 atom stereocenters. The number of carbonyl (C=O) groups excluding carboxylic acids is 1. The Kier molecular flexibility index (Phi) is 3.25. The molecule has 4 rings (SSSR count). The molecule has 21 heavy (non-hydrogen) atoms. The van der Waals surface area contributed by atoms with Crippen molar-refractivity contribution in [2.45, 2.75) is 56.7 Å². The maximum atomic E-state index is 11.6. The van der Waals surface area contributed by atoms with Crippen molar-refractivity contribution in [3.05, 3.63) is 11.5 Å². The first-order valence-corrected chi connectivity index (χ1v) is 8.18. The van der Waals surface area contributed by atoms with Crippen LogP contribution in [0.2, 0.25) is 5.28 Å². The lowest BCUT2D eigenvalue weighted by Gasteiger charge is -2.45. The van der Waals surface area contributed by atoms with Crippen LogP contribution in [-0.4, -0.2) is 34.4 Å². The zero-order chi connectivity index (χ0) is 14.4. The van der Waals surface area contributed by atoms with E-state index in [0.29, 0.717) is 12.0 Å². The van der Waals surface area contributed by atoms with E-state index in [-0.39, 0.29) is 17.4 Å². The molecule has 1 aromatic heterocycles. The quantitative estimate of drug-likeness (QED) is 0.687. The van der Waals surface area contributed by atoms with Gasteiger partial charge in [0.2, 0.25) is 5.28 Å². The van der Waals surface area contributed by atoms with Gasteiger partial charge in [0.05, 0.1) is 17.9 Å². The van der Waals surface area contributed by atoms with E-state index in [0.717, 1.165) is 17.8 Å². The SMILES string of the molecule is O=CC1Nc2cnc(Cl)nc2N(C2CCCC2)[C@@H]1C1CC1. The van der Waals surface area contributed by atoms with Crippen molar-refractivity contribution >= 4 is 29.4 Å². The van der Waals surface area contributed by atoms with Gasteiger partial charge in [-0.05, 0) is 43.2 Å². The van der Waals surface area contributed by atoms with E-state index in [1.165, 1.54) is 38.5 Å². The molecule has 0 amide bonds. The zero-order valence-corrected chi connectivity index (χ0v) is 12.6. The number of carbonyl (C=O) groups is 1. The molecule has 3 aliphatic rings. The van der Waals surface area contributed by atoms with Gasteiger partial charge in [-0.1, -0.05) is 12.8 Å². The molecular weight excluding hydrogens is 288 g/mol. The molecule has 2 heterocycles. The van der Waals surface area contributed by atoms with Crippen molar-refractivity contribution in [3.8, 4) is 0 Å². The van der Waals surface area contributed by atoms with E-state index in [4.69, 9.17) is 11.6 Å². The molecule has 0 radical (unpaired) electrons. The van der Waals surface area contributed by atoms with Crippen LogP contribution < -0.4 is 10.2 Å². The Bertz CT molecular complexity index is 557. The second-order valence-electron chi connectivity index (χ2n) is 6.36. The fourth-order valence-corrected chi connectivity index (χ4v) is 4.03. The maximum absolute atomic E-state index is 11.6. The van der Waals surface area contributed by atoms with Gasteiger partial charge in [-0.3, -0.25) is 0 Å². The average molecular weight is 307 g/mol. The van der Waals surface area contributed by atoms with E-state index in [1.807, 2.05) is 0 Å². The third-order valence-corrected chi connectivity index (χ3v) is 5.15. The maximum Gasteiger partial charge on any atom is 0.224 e. The van der Waals surface area contributed by atoms with Gasteiger partial charge in [0.15, 0.2) is 5.82 Å². The lowest BCUT2D eigenvalue weighted by molar-refractivity contribution is -0.109. The summed E-state index contributed by atoms with van der Waals surface area (Å²) in [6, 6.07) is 0.518. The highest BCUT2D eigenvalue weighted by Crippen LogP contribution is 2.45. The molecule has 1 aliphatic heterocycles. The topological polar surface area (TPSA) is 58.1 Å². The Morgan fingerprint density at radius 3 is 2.71 bits per heavy atom. The van der Waals surface area contributed by atoms with Gasteiger partial charge in [0, 0.05) is 6.04 Å². The number of rotatable bonds is 3. The Morgan fingerprint density at radius 2 is 2.05 bits per heavy atom. The number of hydrogen-bond acceptors (Lipinski definition) is 5. The summed E-state index contributed by atoms with van der Waals surface area (Å²) in [6.45, 7) is 0. The molecule has 0 aromatic carbocycles. The third-order valence-electron chi connectivity index (χ3n) is 4.96. The van der Waals surface area contributed by atoms with Crippen molar-refractivity contribution in [1.29, 1.82) is 0 Å². The number of fused-ring (bicyclic) bond motifs is 1. The molecule has 2 aliphatic carbocycles. The molecule has 5 nitrogen and oxygen atoms in total. The monoisotopic (exact) mass is 306 g/mol. The Morgan fingerprint density at radius 1 is 1.29 bits per heavy atom. The second-order valence-corrected chi connectivity index (χ2v) is 6.69. The number of halogens is 1. The summed E-state index contributed by atoms with van der Waals surface area (Å²) in [6.07, 6.45) is 10.0. The van der Waals surface area contributed by atoms with Crippen LogP contribution in [0.5, 0.6) is 0 Å². The zero-order valence-electron chi connectivity index (χ0n) is 11.8. The summed E-state index contributed by atoms with van der Waals surface area (Å²) < 4.78 is 0. The van der Waals surface area contributed by atoms with Crippen molar-refractivity contribution < 1.29 is 4.79 Å². The first-order valence-electron chi connectivity index (χ1n) is 7.80. The summed E-state index contributed by atoms with van der Waals surface area (Å²) >= 11 is 6.02. The Hall–Kier alpha value is -1.36. The standard InChI is InChI=1S/C15H19ClN4O/c16-15-17-7-11-14(19-15)20(10-3-1-2-4-10)13(9-5-6-9)12(8-21)18-11/h7-10,12-13,18H,1-6H2/t12?,13-/m1/s1. The number of aldehydes is 1. The van der Waals surface area contributed by atoms with Gasteiger partial charge in [-0.25, -0.2) is 4.98 Å². The fourth-order valence-electron chi connectivity index (χ4n) is 3.90.